The Bertz CT molecular complexity index is 628. The highest BCUT2D eigenvalue weighted by Crippen LogP contribution is 2.19. The van der Waals surface area contributed by atoms with Crippen LogP contribution >= 0.6 is 11.3 Å². The summed E-state index contributed by atoms with van der Waals surface area (Å²) in [6.07, 6.45) is 2.55. The second-order valence-electron chi connectivity index (χ2n) is 3.61. The molecule has 0 atom stereocenters. The Kier molecular flexibility index (Phi) is 2.58. The fourth-order valence-electron chi connectivity index (χ4n) is 1.65. The van der Waals surface area contributed by atoms with E-state index >= 15 is 0 Å². The summed E-state index contributed by atoms with van der Waals surface area (Å²) in [6, 6.07) is 5.71. The molecule has 0 saturated carbocycles. The van der Waals surface area contributed by atoms with Crippen LogP contribution in [0.3, 0.4) is 0 Å². The lowest BCUT2D eigenvalue weighted by Crippen LogP contribution is -2.05. The van der Waals surface area contributed by atoms with E-state index in [1.807, 2.05) is 28.1 Å². The molecular weight excluding hydrogens is 234 g/mol. The summed E-state index contributed by atoms with van der Waals surface area (Å²) in [6.45, 7) is 0.616. The molecule has 17 heavy (non-hydrogen) atoms. The third-order valence-corrected chi connectivity index (χ3v) is 3.31. The molecule has 0 bridgehead atoms. The van der Waals surface area contributed by atoms with E-state index in [0.29, 0.717) is 12.4 Å². The van der Waals surface area contributed by atoms with Crippen molar-refractivity contribution >= 4 is 16.3 Å². The molecule has 2 N–H and O–H groups in total. The minimum atomic E-state index is 0.616. The molecule has 0 radical (unpaired) electrons. The minimum Gasteiger partial charge on any atom is -0.330 e. The van der Waals surface area contributed by atoms with Crippen molar-refractivity contribution in [1.82, 2.24) is 19.6 Å². The Balaban J connectivity index is 2.08. The van der Waals surface area contributed by atoms with E-state index in [0.717, 1.165) is 22.8 Å². The summed E-state index contributed by atoms with van der Waals surface area (Å²) < 4.78 is 1.85. The van der Waals surface area contributed by atoms with Crippen LogP contribution in [0.25, 0.3) is 16.5 Å². The van der Waals surface area contributed by atoms with Crippen molar-refractivity contribution in [2.75, 3.05) is 6.54 Å². The Labute approximate surface area is 102 Å². The molecule has 0 unspecified atom stereocenters. The van der Waals surface area contributed by atoms with E-state index in [2.05, 4.69) is 15.1 Å². The molecule has 0 amide bonds. The van der Waals surface area contributed by atoms with Crippen molar-refractivity contribution < 1.29 is 0 Å². The number of hydrogen-bond acceptors (Lipinski definition) is 5. The number of nitrogens with two attached hydrogens (primary N) is 1. The van der Waals surface area contributed by atoms with E-state index < -0.39 is 0 Å². The number of fused-ring (bicyclic) bond motifs is 1. The fraction of sp³-hybridized carbons (Fsp3) is 0.182. The Morgan fingerprint density at radius 3 is 3.06 bits per heavy atom. The lowest BCUT2D eigenvalue weighted by atomic mass is 10.3. The first kappa shape index (κ1) is 10.4. The number of aromatic nitrogens is 4. The maximum absolute atomic E-state index is 5.56. The monoisotopic (exact) mass is 245 g/mol. The lowest BCUT2D eigenvalue weighted by molar-refractivity contribution is 0.843. The van der Waals surface area contributed by atoms with Crippen molar-refractivity contribution in [3.8, 4) is 11.5 Å². The molecule has 0 aliphatic rings. The van der Waals surface area contributed by atoms with Crippen LogP contribution in [0, 0.1) is 0 Å². The molecule has 0 aliphatic carbocycles. The van der Waals surface area contributed by atoms with E-state index in [4.69, 9.17) is 5.73 Å². The fourth-order valence-corrected chi connectivity index (χ4v) is 2.50. The first-order valence-corrected chi connectivity index (χ1v) is 6.21. The summed E-state index contributed by atoms with van der Waals surface area (Å²) >= 11 is 1.58. The van der Waals surface area contributed by atoms with Crippen LogP contribution in [0.2, 0.25) is 0 Å². The Morgan fingerprint density at radius 2 is 2.29 bits per heavy atom. The van der Waals surface area contributed by atoms with Gasteiger partial charge in [-0.2, -0.15) is 4.98 Å². The average molecular weight is 245 g/mol. The Hall–Kier alpha value is -1.79. The molecule has 3 heterocycles. The number of pyridine rings is 1. The van der Waals surface area contributed by atoms with Gasteiger partial charge in [0.1, 0.15) is 5.69 Å². The summed E-state index contributed by atoms with van der Waals surface area (Å²) in [5.74, 6) is 0.663. The van der Waals surface area contributed by atoms with Gasteiger partial charge in [-0.05, 0) is 18.7 Å². The zero-order valence-electron chi connectivity index (χ0n) is 9.08. The van der Waals surface area contributed by atoms with Crippen LogP contribution in [0.5, 0.6) is 0 Å². The predicted octanol–water partition coefficient (Wildman–Crippen LogP) is 1.35. The molecule has 86 valence electrons. The van der Waals surface area contributed by atoms with E-state index in [1.54, 1.807) is 17.5 Å². The zero-order valence-corrected chi connectivity index (χ0v) is 9.89. The second-order valence-corrected chi connectivity index (χ2v) is 4.45. The summed E-state index contributed by atoms with van der Waals surface area (Å²) in [5.41, 5.74) is 7.45. The molecule has 0 fully saturated rings. The van der Waals surface area contributed by atoms with E-state index in [1.165, 1.54) is 0 Å². The van der Waals surface area contributed by atoms with Crippen LogP contribution in [-0.4, -0.2) is 26.1 Å². The van der Waals surface area contributed by atoms with Gasteiger partial charge in [0, 0.05) is 18.0 Å². The first-order valence-electron chi connectivity index (χ1n) is 5.33. The second kappa shape index (κ2) is 4.23. The standard InChI is InChI=1S/C11H11N5S/c12-5-4-8-7-17-11-14-10(15-16(8)11)9-3-1-2-6-13-9/h1-3,6-7H,4-5,12H2. The van der Waals surface area contributed by atoms with Gasteiger partial charge >= 0.3 is 0 Å². The normalized spacial score (nSPS) is 11.1. The van der Waals surface area contributed by atoms with Crippen LogP contribution < -0.4 is 5.73 Å². The number of nitrogens with zero attached hydrogens (tertiary/aromatic N) is 4. The minimum absolute atomic E-state index is 0.616. The van der Waals surface area contributed by atoms with Gasteiger partial charge in [0.05, 0.1) is 5.69 Å². The predicted molar refractivity (Wildman–Crippen MR) is 66.9 cm³/mol. The maximum atomic E-state index is 5.56. The van der Waals surface area contributed by atoms with Crippen molar-refractivity contribution in [3.05, 3.63) is 35.5 Å². The highest BCUT2D eigenvalue weighted by molar-refractivity contribution is 7.15. The van der Waals surface area contributed by atoms with Crippen LogP contribution in [0.15, 0.2) is 29.8 Å². The van der Waals surface area contributed by atoms with Crippen LogP contribution in [0.4, 0.5) is 0 Å². The van der Waals surface area contributed by atoms with Crippen LogP contribution in [-0.2, 0) is 6.42 Å². The van der Waals surface area contributed by atoms with Crippen LogP contribution in [0.1, 0.15) is 5.69 Å². The SMILES string of the molecule is NCCc1csc2nc(-c3ccccn3)nn12. The molecule has 0 aromatic carbocycles. The molecule has 3 rings (SSSR count). The van der Waals surface area contributed by atoms with E-state index in [-0.39, 0.29) is 0 Å². The largest absolute Gasteiger partial charge is 0.330 e. The summed E-state index contributed by atoms with van der Waals surface area (Å²) in [5, 5.41) is 6.51. The summed E-state index contributed by atoms with van der Waals surface area (Å²) in [4.78, 5) is 9.58. The number of hydrogen-bond donors (Lipinski definition) is 1. The molecular formula is C11H11N5S. The van der Waals surface area contributed by atoms with Crippen molar-refractivity contribution in [1.29, 1.82) is 0 Å². The topological polar surface area (TPSA) is 69.1 Å². The molecule has 0 aliphatic heterocycles. The molecule has 6 heteroatoms. The van der Waals surface area contributed by atoms with Gasteiger partial charge in [-0.15, -0.1) is 16.4 Å². The number of rotatable bonds is 3. The van der Waals surface area contributed by atoms with E-state index in [9.17, 15) is 0 Å². The van der Waals surface area contributed by atoms with Gasteiger partial charge in [0.2, 0.25) is 10.8 Å². The van der Waals surface area contributed by atoms with Gasteiger partial charge in [0.25, 0.3) is 0 Å². The number of thiazole rings is 1. The van der Waals surface area contributed by atoms with Gasteiger partial charge in [-0.1, -0.05) is 6.07 Å². The highest BCUT2D eigenvalue weighted by atomic mass is 32.1. The Morgan fingerprint density at radius 1 is 1.35 bits per heavy atom. The first-order chi connectivity index (χ1) is 8.38. The van der Waals surface area contributed by atoms with Crippen molar-refractivity contribution in [2.45, 2.75) is 6.42 Å². The third kappa shape index (κ3) is 1.81. The maximum Gasteiger partial charge on any atom is 0.212 e. The molecule has 3 aromatic rings. The zero-order chi connectivity index (χ0) is 11.7. The lowest BCUT2D eigenvalue weighted by Gasteiger charge is -1.94. The quantitative estimate of drug-likeness (QED) is 0.756. The van der Waals surface area contributed by atoms with Gasteiger partial charge < -0.3 is 5.73 Å². The van der Waals surface area contributed by atoms with Crippen molar-refractivity contribution in [3.63, 3.8) is 0 Å². The highest BCUT2D eigenvalue weighted by Gasteiger charge is 2.11. The molecule has 3 aromatic heterocycles. The van der Waals surface area contributed by atoms with Crippen molar-refractivity contribution in [2.24, 2.45) is 5.73 Å². The van der Waals surface area contributed by atoms with Gasteiger partial charge in [-0.25, -0.2) is 4.52 Å². The molecule has 5 nitrogen and oxygen atoms in total. The third-order valence-electron chi connectivity index (χ3n) is 2.44. The molecule has 0 spiro atoms. The van der Waals surface area contributed by atoms with Gasteiger partial charge in [-0.3, -0.25) is 4.98 Å². The van der Waals surface area contributed by atoms with Gasteiger partial charge in [0.15, 0.2) is 0 Å². The smallest absolute Gasteiger partial charge is 0.212 e. The average Bonchev–Trinajstić information content (AvgIpc) is 2.93. The summed E-state index contributed by atoms with van der Waals surface area (Å²) in [7, 11) is 0. The molecule has 0 saturated heterocycles.